The first-order valence-corrected chi connectivity index (χ1v) is 16.0. The Balaban J connectivity index is 1.29. The third-order valence-electron chi connectivity index (χ3n) is 12.3. The van der Waals surface area contributed by atoms with Crippen LogP contribution in [0.5, 0.6) is 0 Å². The zero-order valence-corrected chi connectivity index (χ0v) is 26.1. The number of fused-ring (bicyclic) bond motifs is 2. The van der Waals surface area contributed by atoms with Gasteiger partial charge in [0.05, 0.1) is 12.2 Å². The van der Waals surface area contributed by atoms with Gasteiger partial charge in [0.15, 0.2) is 5.78 Å². The van der Waals surface area contributed by atoms with Crippen LogP contribution in [0.1, 0.15) is 50.8 Å². The minimum atomic E-state index is -1.79. The molecule has 2 saturated carbocycles. The molecule has 1 aliphatic heterocycles. The van der Waals surface area contributed by atoms with Gasteiger partial charge >= 0.3 is 0 Å². The van der Waals surface area contributed by atoms with Crippen LogP contribution in [-0.4, -0.2) is 50.3 Å². The van der Waals surface area contributed by atoms with Crippen molar-refractivity contribution in [2.45, 2.75) is 62.3 Å². The Kier molecular flexibility index (Phi) is 5.88. The van der Waals surface area contributed by atoms with E-state index in [0.29, 0.717) is 5.57 Å². The summed E-state index contributed by atoms with van der Waals surface area (Å²) in [4.78, 5) is 13.8. The Hall–Kier alpha value is -3.39. The molecule has 2 bridgehead atoms. The van der Waals surface area contributed by atoms with Gasteiger partial charge < -0.3 is 24.8 Å². The molecule has 232 valence electrons. The van der Waals surface area contributed by atoms with Crippen LogP contribution in [0.15, 0.2) is 114 Å². The lowest BCUT2D eigenvalue weighted by atomic mass is 9.45. The molecule has 1 heterocycles. The predicted molar refractivity (Wildman–Crippen MR) is 169 cm³/mol. The number of Topliss-reactive ketones (excluding diaryl/α,β-unsaturated/α-hetero) is 1. The number of aliphatic hydroxyl groups is 3. The number of hydrogen-bond acceptors (Lipinski definition) is 6. The summed E-state index contributed by atoms with van der Waals surface area (Å²) in [5.41, 5.74) is -2.07. The summed E-state index contributed by atoms with van der Waals surface area (Å²) in [5, 5.41) is 36.4. The lowest BCUT2D eigenvalue weighted by molar-refractivity contribution is -0.462. The van der Waals surface area contributed by atoms with E-state index in [-0.39, 0.29) is 30.6 Å². The first kappa shape index (κ1) is 29.0. The molecule has 1 spiro atoms. The van der Waals surface area contributed by atoms with Gasteiger partial charge in [0.25, 0.3) is 0 Å². The predicted octanol–water partition coefficient (Wildman–Crippen LogP) is 5.31. The minimum Gasteiger partial charge on any atom is -0.383 e. The van der Waals surface area contributed by atoms with Crippen molar-refractivity contribution in [3.63, 3.8) is 0 Å². The quantitative estimate of drug-likeness (QED) is 0.261. The molecule has 6 heteroatoms. The minimum absolute atomic E-state index is 0.0666. The summed E-state index contributed by atoms with van der Waals surface area (Å²) in [5.74, 6) is -4.04. The number of ether oxygens (including phenoxy) is 2. The normalized spacial score (nSPS) is 39.0. The highest BCUT2D eigenvalue weighted by atomic mass is 16.7. The van der Waals surface area contributed by atoms with E-state index in [2.05, 4.69) is 42.5 Å². The second kappa shape index (κ2) is 9.11. The van der Waals surface area contributed by atoms with Crippen LogP contribution in [0.25, 0.3) is 0 Å². The molecule has 45 heavy (non-hydrogen) atoms. The third-order valence-corrected chi connectivity index (χ3v) is 12.3. The molecule has 0 aromatic heterocycles. The van der Waals surface area contributed by atoms with E-state index in [4.69, 9.17) is 9.47 Å². The highest BCUT2D eigenvalue weighted by Gasteiger charge is 2.95. The average Bonchev–Trinajstić information content (AvgIpc) is 3.41. The number of carbonyl (C=O) groups excluding carboxylic acids is 1. The van der Waals surface area contributed by atoms with Crippen molar-refractivity contribution in [1.29, 1.82) is 0 Å². The summed E-state index contributed by atoms with van der Waals surface area (Å²) in [6.45, 7) is 7.61. The second-order valence-corrected chi connectivity index (χ2v) is 14.5. The van der Waals surface area contributed by atoms with E-state index >= 15 is 0 Å². The monoisotopic (exact) mass is 604 g/mol. The smallest absolute Gasteiger partial charge is 0.201 e. The van der Waals surface area contributed by atoms with Gasteiger partial charge in [-0.1, -0.05) is 124 Å². The van der Waals surface area contributed by atoms with Gasteiger partial charge in [-0.25, -0.2) is 0 Å². The van der Waals surface area contributed by atoms with Crippen LogP contribution in [0.4, 0.5) is 0 Å². The summed E-state index contributed by atoms with van der Waals surface area (Å²) in [6.07, 6.45) is 3.98. The van der Waals surface area contributed by atoms with Crippen LogP contribution < -0.4 is 0 Å². The van der Waals surface area contributed by atoms with E-state index < -0.39 is 45.4 Å². The number of rotatable bonds is 6. The van der Waals surface area contributed by atoms with Crippen LogP contribution in [0.2, 0.25) is 0 Å². The Morgan fingerprint density at radius 1 is 0.844 bits per heavy atom. The molecule has 6 nitrogen and oxygen atoms in total. The molecule has 0 radical (unpaired) electrons. The van der Waals surface area contributed by atoms with Crippen LogP contribution >= 0.6 is 0 Å². The Bertz CT molecular complexity index is 1650. The maximum Gasteiger partial charge on any atom is 0.201 e. The highest BCUT2D eigenvalue weighted by molar-refractivity contribution is 6.05. The first-order chi connectivity index (χ1) is 21.4. The van der Waals surface area contributed by atoms with Crippen molar-refractivity contribution < 1.29 is 29.6 Å². The third kappa shape index (κ3) is 3.20. The zero-order chi connectivity index (χ0) is 31.6. The number of ketones is 1. The standard InChI is InChI=1S/C39H40O6/c1-24-20-31-35(41,33(24)40)22-26(21-30-32-34(3,4)39(43)38(32,42)25(2)36(30,31)45-39)23-44-37(27-14-8-5-9-15-27,28-16-10-6-11-17-28)29-18-12-7-13-19-29/h5-21,25,30-32,41-43H,22-23H2,1-4H3/t25-,30-,31+,32+,35+,36+,38-,39-/m0/s1. The summed E-state index contributed by atoms with van der Waals surface area (Å²) in [7, 11) is 0. The summed E-state index contributed by atoms with van der Waals surface area (Å²) >= 11 is 0. The zero-order valence-electron chi connectivity index (χ0n) is 26.1. The molecule has 3 fully saturated rings. The molecule has 1 saturated heterocycles. The Morgan fingerprint density at radius 2 is 1.36 bits per heavy atom. The fraction of sp³-hybridized carbons (Fsp3) is 0.410. The van der Waals surface area contributed by atoms with Crippen LogP contribution in [0.3, 0.4) is 0 Å². The SMILES string of the molecule is CC1=C[C@H]2[C@]34O[C@@]5(O)C(C)(C)[C@@H]([C@@H]3C=C(COC(c3ccccc3)(c3ccccc3)c3ccccc3)C[C@]2(O)C1=O)[C@@]5(O)[C@H]4C. The molecule has 0 unspecified atom stereocenters. The van der Waals surface area contributed by atoms with Gasteiger partial charge in [-0.3, -0.25) is 4.79 Å². The van der Waals surface area contributed by atoms with Gasteiger partial charge in [0, 0.05) is 35.5 Å². The van der Waals surface area contributed by atoms with E-state index in [9.17, 15) is 20.1 Å². The lowest BCUT2D eigenvalue weighted by Crippen LogP contribution is -2.82. The fourth-order valence-corrected chi connectivity index (χ4v) is 10.3. The lowest BCUT2D eigenvalue weighted by Gasteiger charge is -2.69. The van der Waals surface area contributed by atoms with Crippen molar-refractivity contribution in [2.24, 2.45) is 29.1 Å². The molecule has 4 aliphatic carbocycles. The first-order valence-electron chi connectivity index (χ1n) is 16.0. The average molecular weight is 605 g/mol. The molecule has 3 N–H and O–H groups in total. The maximum absolute atomic E-state index is 13.8. The number of benzene rings is 3. The number of carbonyl (C=O) groups is 1. The molecule has 0 amide bonds. The van der Waals surface area contributed by atoms with Crippen molar-refractivity contribution in [2.75, 3.05) is 6.61 Å². The summed E-state index contributed by atoms with van der Waals surface area (Å²) < 4.78 is 13.8. The van der Waals surface area contributed by atoms with E-state index in [1.54, 1.807) is 6.92 Å². The fourth-order valence-electron chi connectivity index (χ4n) is 10.3. The maximum atomic E-state index is 13.8. The topological polar surface area (TPSA) is 96.2 Å². The largest absolute Gasteiger partial charge is 0.383 e. The molecule has 5 aliphatic rings. The Morgan fingerprint density at radius 3 is 1.87 bits per heavy atom. The molecular formula is C39H40O6. The molecule has 8 atom stereocenters. The van der Waals surface area contributed by atoms with Crippen molar-refractivity contribution in [3.05, 3.63) is 131 Å². The number of hydrogen-bond donors (Lipinski definition) is 3. The van der Waals surface area contributed by atoms with E-state index in [1.165, 1.54) is 0 Å². The van der Waals surface area contributed by atoms with Gasteiger partial charge in [0.1, 0.15) is 16.8 Å². The van der Waals surface area contributed by atoms with Crippen molar-refractivity contribution >= 4 is 5.78 Å². The van der Waals surface area contributed by atoms with Crippen LogP contribution in [-0.2, 0) is 19.9 Å². The van der Waals surface area contributed by atoms with Crippen LogP contribution in [0, 0.1) is 29.1 Å². The van der Waals surface area contributed by atoms with Crippen molar-refractivity contribution in [3.8, 4) is 0 Å². The second-order valence-electron chi connectivity index (χ2n) is 14.5. The van der Waals surface area contributed by atoms with Crippen molar-refractivity contribution in [1.82, 2.24) is 0 Å². The highest BCUT2D eigenvalue weighted by Crippen LogP contribution is 2.83. The van der Waals surface area contributed by atoms with Gasteiger partial charge in [-0.2, -0.15) is 0 Å². The molecular weight excluding hydrogens is 564 g/mol. The summed E-state index contributed by atoms with van der Waals surface area (Å²) in [6, 6.07) is 30.3. The van der Waals surface area contributed by atoms with Gasteiger partial charge in [-0.05, 0) is 34.8 Å². The Labute approximate surface area is 264 Å². The molecule has 3 aromatic carbocycles. The molecule has 3 aromatic rings. The van der Waals surface area contributed by atoms with E-state index in [1.807, 2.05) is 81.4 Å². The molecule has 8 rings (SSSR count). The van der Waals surface area contributed by atoms with Gasteiger partial charge in [-0.15, -0.1) is 0 Å². The van der Waals surface area contributed by atoms with E-state index in [0.717, 1.165) is 22.3 Å². The van der Waals surface area contributed by atoms with Gasteiger partial charge in [0.2, 0.25) is 5.79 Å².